The van der Waals surface area contributed by atoms with Crippen molar-refractivity contribution < 1.29 is 4.79 Å². The molecule has 4 atom stereocenters. The van der Waals surface area contributed by atoms with E-state index in [2.05, 4.69) is 24.5 Å². The molecule has 88 valence electrons. The lowest BCUT2D eigenvalue weighted by atomic mass is 9.79. The van der Waals surface area contributed by atoms with Crippen LogP contribution in [0, 0.1) is 11.8 Å². The summed E-state index contributed by atoms with van der Waals surface area (Å²) < 4.78 is 0. The normalized spacial score (nSPS) is 33.5. The maximum absolute atomic E-state index is 11.4. The second-order valence-corrected chi connectivity index (χ2v) is 4.97. The molecule has 1 saturated carbocycles. The van der Waals surface area contributed by atoms with Gasteiger partial charge in [0.2, 0.25) is 5.91 Å². The summed E-state index contributed by atoms with van der Waals surface area (Å²) in [6, 6.07) is 0.448. The van der Waals surface area contributed by atoms with Crippen LogP contribution in [0.15, 0.2) is 0 Å². The molecule has 1 aliphatic carbocycles. The highest BCUT2D eigenvalue weighted by Crippen LogP contribution is 2.29. The number of rotatable bonds is 3. The van der Waals surface area contributed by atoms with E-state index in [1.807, 2.05) is 6.92 Å². The minimum atomic E-state index is -0.0689. The minimum Gasteiger partial charge on any atom is -0.358 e. The molecule has 2 N–H and O–H groups in total. The van der Waals surface area contributed by atoms with Crippen molar-refractivity contribution in [2.45, 2.75) is 52.1 Å². The lowest BCUT2D eigenvalue weighted by molar-refractivity contribution is -0.122. The van der Waals surface area contributed by atoms with Crippen LogP contribution in [0.25, 0.3) is 0 Å². The molecule has 1 fully saturated rings. The van der Waals surface area contributed by atoms with Crippen LogP contribution in [0.3, 0.4) is 0 Å². The minimum absolute atomic E-state index is 0.0689. The average Bonchev–Trinajstić information content (AvgIpc) is 2.22. The van der Waals surface area contributed by atoms with E-state index in [0.29, 0.717) is 6.04 Å². The van der Waals surface area contributed by atoms with Gasteiger partial charge in [-0.05, 0) is 38.0 Å². The van der Waals surface area contributed by atoms with E-state index in [9.17, 15) is 4.79 Å². The molecule has 3 nitrogen and oxygen atoms in total. The Kier molecular flexibility index (Phi) is 4.58. The summed E-state index contributed by atoms with van der Waals surface area (Å²) in [6.07, 6.45) is 3.68. The van der Waals surface area contributed by atoms with Gasteiger partial charge >= 0.3 is 0 Å². The van der Waals surface area contributed by atoms with Gasteiger partial charge in [-0.3, -0.25) is 4.79 Å². The Balaban J connectivity index is 2.36. The van der Waals surface area contributed by atoms with Crippen LogP contribution in [-0.2, 0) is 4.79 Å². The third-order valence-corrected chi connectivity index (χ3v) is 3.72. The molecule has 0 bridgehead atoms. The van der Waals surface area contributed by atoms with Crippen molar-refractivity contribution in [3.05, 3.63) is 0 Å². The van der Waals surface area contributed by atoms with Crippen LogP contribution in [0.1, 0.15) is 40.0 Å². The highest BCUT2D eigenvalue weighted by molar-refractivity contribution is 5.80. The van der Waals surface area contributed by atoms with Crippen LogP contribution >= 0.6 is 0 Å². The molecule has 0 saturated heterocycles. The number of likely N-dealkylation sites (N-methyl/N-ethyl adjacent to an activating group) is 1. The van der Waals surface area contributed by atoms with Gasteiger partial charge in [0.1, 0.15) is 0 Å². The largest absolute Gasteiger partial charge is 0.358 e. The van der Waals surface area contributed by atoms with Gasteiger partial charge in [0, 0.05) is 13.1 Å². The molecule has 0 aliphatic heterocycles. The number of amides is 1. The first-order valence-electron chi connectivity index (χ1n) is 6.02. The van der Waals surface area contributed by atoms with Gasteiger partial charge in [0.15, 0.2) is 0 Å². The fraction of sp³-hybridized carbons (Fsp3) is 0.917. The smallest absolute Gasteiger partial charge is 0.236 e. The van der Waals surface area contributed by atoms with Gasteiger partial charge in [-0.2, -0.15) is 0 Å². The van der Waals surface area contributed by atoms with E-state index < -0.39 is 0 Å². The zero-order chi connectivity index (χ0) is 11.4. The van der Waals surface area contributed by atoms with Crippen molar-refractivity contribution in [1.29, 1.82) is 0 Å². The van der Waals surface area contributed by atoms with Crippen LogP contribution < -0.4 is 10.6 Å². The molecule has 0 aromatic rings. The van der Waals surface area contributed by atoms with Crippen molar-refractivity contribution in [3.8, 4) is 0 Å². The van der Waals surface area contributed by atoms with Crippen LogP contribution in [0.5, 0.6) is 0 Å². The highest BCUT2D eigenvalue weighted by Gasteiger charge is 2.26. The molecular weight excluding hydrogens is 188 g/mol. The van der Waals surface area contributed by atoms with Crippen LogP contribution in [0.2, 0.25) is 0 Å². The molecule has 0 aromatic heterocycles. The highest BCUT2D eigenvalue weighted by atomic mass is 16.2. The van der Waals surface area contributed by atoms with E-state index in [0.717, 1.165) is 11.8 Å². The fourth-order valence-electron chi connectivity index (χ4n) is 2.34. The molecule has 0 spiro atoms. The summed E-state index contributed by atoms with van der Waals surface area (Å²) >= 11 is 0. The molecule has 1 aliphatic rings. The van der Waals surface area contributed by atoms with Crippen molar-refractivity contribution >= 4 is 5.91 Å². The van der Waals surface area contributed by atoms with Gasteiger partial charge in [0.05, 0.1) is 6.04 Å². The Morgan fingerprint density at radius 3 is 2.47 bits per heavy atom. The van der Waals surface area contributed by atoms with E-state index in [4.69, 9.17) is 0 Å². The van der Waals surface area contributed by atoms with Gasteiger partial charge < -0.3 is 10.6 Å². The third-order valence-electron chi connectivity index (χ3n) is 3.72. The molecule has 0 heterocycles. The predicted octanol–water partition coefficient (Wildman–Crippen LogP) is 1.54. The zero-order valence-electron chi connectivity index (χ0n) is 10.3. The molecule has 0 aromatic carbocycles. The second-order valence-electron chi connectivity index (χ2n) is 4.97. The predicted molar refractivity (Wildman–Crippen MR) is 62.6 cm³/mol. The summed E-state index contributed by atoms with van der Waals surface area (Å²) in [7, 11) is 1.69. The Bertz CT molecular complexity index is 218. The van der Waals surface area contributed by atoms with Crippen molar-refractivity contribution in [3.63, 3.8) is 0 Å². The summed E-state index contributed by atoms with van der Waals surface area (Å²) in [4.78, 5) is 11.4. The van der Waals surface area contributed by atoms with Gasteiger partial charge in [-0.15, -0.1) is 0 Å². The van der Waals surface area contributed by atoms with E-state index in [1.54, 1.807) is 7.05 Å². The molecule has 15 heavy (non-hydrogen) atoms. The maximum Gasteiger partial charge on any atom is 0.236 e. The molecule has 0 radical (unpaired) electrons. The van der Waals surface area contributed by atoms with Crippen LogP contribution in [0.4, 0.5) is 0 Å². The third kappa shape index (κ3) is 3.49. The van der Waals surface area contributed by atoms with E-state index >= 15 is 0 Å². The fourth-order valence-corrected chi connectivity index (χ4v) is 2.34. The topological polar surface area (TPSA) is 41.1 Å². The standard InChI is InChI=1S/C12H24N2O/c1-8-5-6-11(7-9(8)2)14-10(3)12(15)13-4/h8-11,14H,5-7H2,1-4H3,(H,13,15)/t8-,9+,10+,11+/m0/s1. The summed E-state index contributed by atoms with van der Waals surface area (Å²) in [6.45, 7) is 6.56. The monoisotopic (exact) mass is 212 g/mol. The summed E-state index contributed by atoms with van der Waals surface area (Å²) in [5, 5.41) is 6.08. The Morgan fingerprint density at radius 2 is 1.93 bits per heavy atom. The Labute approximate surface area is 93.0 Å². The average molecular weight is 212 g/mol. The first kappa shape index (κ1) is 12.5. The van der Waals surface area contributed by atoms with Gasteiger partial charge in [-0.25, -0.2) is 0 Å². The SMILES string of the molecule is CNC(=O)[C@@H](C)N[C@@H]1CC[C@H](C)[C@H](C)C1. The van der Waals surface area contributed by atoms with Crippen molar-refractivity contribution in [2.24, 2.45) is 11.8 Å². The van der Waals surface area contributed by atoms with Crippen molar-refractivity contribution in [1.82, 2.24) is 10.6 Å². The first-order valence-corrected chi connectivity index (χ1v) is 6.02. The van der Waals surface area contributed by atoms with Gasteiger partial charge in [-0.1, -0.05) is 13.8 Å². The Hall–Kier alpha value is -0.570. The second kappa shape index (κ2) is 5.50. The zero-order valence-corrected chi connectivity index (χ0v) is 10.3. The van der Waals surface area contributed by atoms with E-state index in [1.165, 1.54) is 19.3 Å². The number of hydrogen-bond donors (Lipinski definition) is 2. The number of carbonyl (C=O) groups is 1. The number of nitrogens with one attached hydrogen (secondary N) is 2. The quantitative estimate of drug-likeness (QED) is 0.745. The molecule has 3 heteroatoms. The number of hydrogen-bond acceptors (Lipinski definition) is 2. The molecule has 0 unspecified atom stereocenters. The van der Waals surface area contributed by atoms with Crippen molar-refractivity contribution in [2.75, 3.05) is 7.05 Å². The summed E-state index contributed by atoms with van der Waals surface area (Å²) in [5.41, 5.74) is 0. The van der Waals surface area contributed by atoms with Gasteiger partial charge in [0.25, 0.3) is 0 Å². The Morgan fingerprint density at radius 1 is 1.27 bits per heavy atom. The summed E-state index contributed by atoms with van der Waals surface area (Å²) in [5.74, 6) is 1.69. The van der Waals surface area contributed by atoms with Crippen LogP contribution in [-0.4, -0.2) is 25.0 Å². The molecule has 1 rings (SSSR count). The maximum atomic E-state index is 11.4. The molecular formula is C12H24N2O. The van der Waals surface area contributed by atoms with E-state index in [-0.39, 0.29) is 11.9 Å². The lowest BCUT2D eigenvalue weighted by Crippen LogP contribution is -2.47. The first-order chi connectivity index (χ1) is 7.04. The lowest BCUT2D eigenvalue weighted by Gasteiger charge is -2.33. The number of carbonyl (C=O) groups excluding carboxylic acids is 1. The molecule has 1 amide bonds.